The second-order valence-corrected chi connectivity index (χ2v) is 4.58. The third-order valence-electron chi connectivity index (χ3n) is 2.38. The first-order chi connectivity index (χ1) is 8.15. The van der Waals surface area contributed by atoms with Crippen LogP contribution in [0.25, 0.3) is 5.69 Å². The maximum Gasteiger partial charge on any atom is 0.303 e. The number of carbonyl (C=O) groups is 1. The summed E-state index contributed by atoms with van der Waals surface area (Å²) in [7, 11) is 0. The van der Waals surface area contributed by atoms with Gasteiger partial charge in [-0.25, -0.2) is 4.68 Å². The molecule has 5 heteroatoms. The molecular formula is C12H11BrN2O2. The van der Waals surface area contributed by atoms with Crippen molar-refractivity contribution in [3.8, 4) is 5.69 Å². The van der Waals surface area contributed by atoms with E-state index in [9.17, 15) is 4.79 Å². The van der Waals surface area contributed by atoms with E-state index < -0.39 is 5.97 Å². The number of benzene rings is 1. The van der Waals surface area contributed by atoms with E-state index in [1.165, 1.54) is 0 Å². The zero-order valence-electron chi connectivity index (χ0n) is 9.01. The Hall–Kier alpha value is -1.62. The lowest BCUT2D eigenvalue weighted by molar-refractivity contribution is -0.136. The monoisotopic (exact) mass is 294 g/mol. The molecule has 0 spiro atoms. The molecule has 0 unspecified atom stereocenters. The fourth-order valence-corrected chi connectivity index (χ4v) is 1.79. The molecule has 0 atom stereocenters. The minimum atomic E-state index is -0.773. The van der Waals surface area contributed by atoms with E-state index in [2.05, 4.69) is 21.0 Å². The van der Waals surface area contributed by atoms with Gasteiger partial charge in [0.05, 0.1) is 16.4 Å². The lowest BCUT2D eigenvalue weighted by atomic mass is 10.1. The normalized spacial score (nSPS) is 10.4. The van der Waals surface area contributed by atoms with E-state index >= 15 is 0 Å². The van der Waals surface area contributed by atoms with Crippen molar-refractivity contribution in [2.24, 2.45) is 0 Å². The zero-order valence-corrected chi connectivity index (χ0v) is 10.6. The quantitative estimate of drug-likeness (QED) is 0.943. The molecule has 0 saturated carbocycles. The number of carboxylic acid groups (broad SMARTS) is 1. The van der Waals surface area contributed by atoms with Gasteiger partial charge in [0.25, 0.3) is 0 Å². The fourth-order valence-electron chi connectivity index (χ4n) is 1.51. The summed E-state index contributed by atoms with van der Waals surface area (Å²) in [5.74, 6) is -0.773. The molecule has 0 aliphatic heterocycles. The van der Waals surface area contributed by atoms with Gasteiger partial charge in [0.1, 0.15) is 0 Å². The maximum absolute atomic E-state index is 10.4. The van der Waals surface area contributed by atoms with Gasteiger partial charge in [-0.05, 0) is 40.0 Å². The molecule has 0 amide bonds. The molecule has 0 aliphatic carbocycles. The molecule has 2 rings (SSSR count). The Bertz CT molecular complexity index is 520. The van der Waals surface area contributed by atoms with Gasteiger partial charge in [-0.15, -0.1) is 0 Å². The molecule has 17 heavy (non-hydrogen) atoms. The largest absolute Gasteiger partial charge is 0.481 e. The van der Waals surface area contributed by atoms with Crippen molar-refractivity contribution >= 4 is 21.9 Å². The Balaban J connectivity index is 2.10. The third-order valence-corrected chi connectivity index (χ3v) is 2.79. The summed E-state index contributed by atoms with van der Waals surface area (Å²) in [6.07, 6.45) is 4.30. The Kier molecular flexibility index (Phi) is 3.58. The van der Waals surface area contributed by atoms with Crippen LogP contribution in [0.2, 0.25) is 0 Å². The molecule has 88 valence electrons. The minimum Gasteiger partial charge on any atom is -0.481 e. The number of rotatable bonds is 4. The Labute approximate surface area is 107 Å². The average molecular weight is 295 g/mol. The van der Waals surface area contributed by atoms with E-state index in [0.717, 1.165) is 15.7 Å². The van der Waals surface area contributed by atoms with Gasteiger partial charge in [0, 0.05) is 12.6 Å². The smallest absolute Gasteiger partial charge is 0.303 e. The zero-order chi connectivity index (χ0) is 12.3. The first-order valence-corrected chi connectivity index (χ1v) is 5.96. The summed E-state index contributed by atoms with van der Waals surface area (Å²) < 4.78 is 2.68. The van der Waals surface area contributed by atoms with Crippen molar-refractivity contribution in [3.63, 3.8) is 0 Å². The number of hydrogen-bond donors (Lipinski definition) is 1. The molecule has 2 aromatic rings. The lowest BCUT2D eigenvalue weighted by Crippen LogP contribution is -1.98. The van der Waals surface area contributed by atoms with E-state index in [-0.39, 0.29) is 6.42 Å². The molecule has 1 aromatic heterocycles. The molecule has 1 aromatic carbocycles. The van der Waals surface area contributed by atoms with Gasteiger partial charge >= 0.3 is 5.97 Å². The summed E-state index contributed by atoms with van der Waals surface area (Å²) in [5.41, 5.74) is 1.97. The van der Waals surface area contributed by atoms with Crippen molar-refractivity contribution < 1.29 is 9.90 Å². The van der Waals surface area contributed by atoms with Crippen LogP contribution in [-0.4, -0.2) is 20.9 Å². The summed E-state index contributed by atoms with van der Waals surface area (Å²) in [6.45, 7) is 0. The van der Waals surface area contributed by atoms with Crippen molar-refractivity contribution in [3.05, 3.63) is 46.7 Å². The maximum atomic E-state index is 10.4. The first-order valence-electron chi connectivity index (χ1n) is 5.16. The van der Waals surface area contributed by atoms with Crippen LogP contribution in [0.1, 0.15) is 12.0 Å². The van der Waals surface area contributed by atoms with Crippen LogP contribution in [0.4, 0.5) is 0 Å². The molecule has 0 bridgehead atoms. The van der Waals surface area contributed by atoms with E-state index in [1.807, 2.05) is 30.5 Å². The topological polar surface area (TPSA) is 55.1 Å². The SMILES string of the molecule is O=C(O)CCc1ccc(-n2cc(Br)cn2)cc1. The summed E-state index contributed by atoms with van der Waals surface area (Å²) in [5, 5.41) is 12.8. The van der Waals surface area contributed by atoms with Crippen molar-refractivity contribution in [1.82, 2.24) is 9.78 Å². The summed E-state index contributed by atoms with van der Waals surface area (Å²) in [4.78, 5) is 10.4. The first kappa shape index (κ1) is 11.9. The minimum absolute atomic E-state index is 0.159. The Morgan fingerprint density at radius 2 is 2.06 bits per heavy atom. The molecule has 0 radical (unpaired) electrons. The van der Waals surface area contributed by atoms with Gasteiger partial charge in [0.2, 0.25) is 0 Å². The van der Waals surface area contributed by atoms with Gasteiger partial charge < -0.3 is 5.11 Å². The van der Waals surface area contributed by atoms with E-state index in [4.69, 9.17) is 5.11 Å². The second-order valence-electron chi connectivity index (χ2n) is 3.66. The highest BCUT2D eigenvalue weighted by molar-refractivity contribution is 9.10. The number of aromatic nitrogens is 2. The van der Waals surface area contributed by atoms with E-state index in [0.29, 0.717) is 6.42 Å². The molecule has 4 nitrogen and oxygen atoms in total. The van der Waals surface area contributed by atoms with Crippen molar-refractivity contribution in [2.45, 2.75) is 12.8 Å². The van der Waals surface area contributed by atoms with Crippen LogP contribution in [0.3, 0.4) is 0 Å². The van der Waals surface area contributed by atoms with E-state index in [1.54, 1.807) is 10.9 Å². The standard InChI is InChI=1S/C12H11BrN2O2/c13-10-7-14-15(8-10)11-4-1-9(2-5-11)3-6-12(16)17/h1-2,4-5,7-8H,3,6H2,(H,16,17). The number of carboxylic acids is 1. The molecule has 0 aliphatic rings. The lowest BCUT2D eigenvalue weighted by Gasteiger charge is -2.03. The van der Waals surface area contributed by atoms with Crippen LogP contribution in [0, 0.1) is 0 Å². The van der Waals surface area contributed by atoms with Crippen LogP contribution < -0.4 is 0 Å². The molecule has 1 N–H and O–H groups in total. The highest BCUT2D eigenvalue weighted by Gasteiger charge is 2.01. The van der Waals surface area contributed by atoms with Crippen molar-refractivity contribution in [1.29, 1.82) is 0 Å². The fraction of sp³-hybridized carbons (Fsp3) is 0.167. The highest BCUT2D eigenvalue weighted by Crippen LogP contribution is 2.14. The van der Waals surface area contributed by atoms with Crippen LogP contribution in [0.15, 0.2) is 41.1 Å². The van der Waals surface area contributed by atoms with Crippen LogP contribution in [-0.2, 0) is 11.2 Å². The Morgan fingerprint density at radius 3 is 2.59 bits per heavy atom. The van der Waals surface area contributed by atoms with Gasteiger partial charge in [-0.3, -0.25) is 4.79 Å². The number of halogens is 1. The number of aryl methyl sites for hydroxylation is 1. The van der Waals surface area contributed by atoms with Crippen molar-refractivity contribution in [2.75, 3.05) is 0 Å². The molecular weight excluding hydrogens is 284 g/mol. The summed E-state index contributed by atoms with van der Waals surface area (Å²) in [6, 6.07) is 7.70. The molecule has 0 fully saturated rings. The van der Waals surface area contributed by atoms with Gasteiger partial charge in [-0.1, -0.05) is 12.1 Å². The number of nitrogens with zero attached hydrogens (tertiary/aromatic N) is 2. The second kappa shape index (κ2) is 5.14. The number of hydrogen-bond acceptors (Lipinski definition) is 2. The van der Waals surface area contributed by atoms with Gasteiger partial charge in [-0.2, -0.15) is 5.10 Å². The van der Waals surface area contributed by atoms with Crippen LogP contribution >= 0.6 is 15.9 Å². The number of aliphatic carboxylic acids is 1. The Morgan fingerprint density at radius 1 is 1.35 bits per heavy atom. The molecule has 0 saturated heterocycles. The van der Waals surface area contributed by atoms with Crippen LogP contribution in [0.5, 0.6) is 0 Å². The predicted octanol–water partition coefficient (Wildman–Crippen LogP) is 2.65. The van der Waals surface area contributed by atoms with Gasteiger partial charge in [0.15, 0.2) is 0 Å². The highest BCUT2D eigenvalue weighted by atomic mass is 79.9. The molecule has 1 heterocycles. The summed E-state index contributed by atoms with van der Waals surface area (Å²) >= 11 is 3.34. The third kappa shape index (κ3) is 3.17. The predicted molar refractivity (Wildman–Crippen MR) is 67.2 cm³/mol. The average Bonchev–Trinajstić information content (AvgIpc) is 2.74.